The number of non-ortho nitro benzene ring substituents is 1. The van der Waals surface area contributed by atoms with Gasteiger partial charge in [-0.15, -0.1) is 0 Å². The number of carbonyl (C=O) groups excluding carboxylic acids is 1. The van der Waals surface area contributed by atoms with Gasteiger partial charge in [0.1, 0.15) is 11.5 Å². The van der Waals surface area contributed by atoms with Crippen molar-refractivity contribution in [2.24, 2.45) is 5.92 Å². The quantitative estimate of drug-likeness (QED) is 0.664. The number of nitro benzene ring substituents is 1. The fourth-order valence-corrected chi connectivity index (χ4v) is 2.59. The molecule has 1 aromatic carbocycles. The molecule has 1 aliphatic carbocycles. The average molecular weight is 329 g/mol. The van der Waals surface area contributed by atoms with Crippen molar-refractivity contribution in [1.82, 2.24) is 4.90 Å². The minimum absolute atomic E-state index is 0.0150. The van der Waals surface area contributed by atoms with Crippen LogP contribution in [0.1, 0.15) is 30.8 Å². The molecule has 0 radical (unpaired) electrons. The predicted molar refractivity (Wildman–Crippen MR) is 88.8 cm³/mol. The molecule has 3 rings (SSSR count). The zero-order valence-corrected chi connectivity index (χ0v) is 13.6. The molecule has 2 atom stereocenters. The predicted octanol–water partition coefficient (Wildman–Crippen LogP) is 3.98. The Hall–Kier alpha value is -2.83. The van der Waals surface area contributed by atoms with E-state index in [1.165, 1.54) is 29.2 Å². The molecule has 1 heterocycles. The molecule has 1 saturated carbocycles. The molecule has 126 valence electrons. The Morgan fingerprint density at radius 1 is 1.33 bits per heavy atom. The number of hydrogen-bond donors (Lipinski definition) is 1. The zero-order chi connectivity index (χ0) is 17.3. The summed E-state index contributed by atoms with van der Waals surface area (Å²) in [5, 5.41) is 13.3. The van der Waals surface area contributed by atoms with Gasteiger partial charge < -0.3 is 14.6 Å². The average Bonchev–Trinajstić information content (AvgIpc) is 3.10. The van der Waals surface area contributed by atoms with E-state index >= 15 is 0 Å². The standard InChI is InChI=1S/C17H19N3O4/c1-11-9-15(11)16-8-7-14(24-16)10-19(2)17(21)18-12-3-5-13(6-4-12)20(22)23/h3-8,11,15H,9-10H2,1-2H3,(H,18,21). The van der Waals surface area contributed by atoms with Gasteiger partial charge in [-0.25, -0.2) is 4.79 Å². The highest BCUT2D eigenvalue weighted by Gasteiger charge is 2.36. The number of carbonyl (C=O) groups is 1. The molecule has 1 aromatic heterocycles. The molecule has 0 spiro atoms. The van der Waals surface area contributed by atoms with Crippen LogP contribution in [-0.4, -0.2) is 22.9 Å². The van der Waals surface area contributed by atoms with E-state index in [9.17, 15) is 14.9 Å². The lowest BCUT2D eigenvalue weighted by atomic mass is 10.3. The number of nitrogens with zero attached hydrogens (tertiary/aromatic N) is 2. The lowest BCUT2D eigenvalue weighted by molar-refractivity contribution is -0.384. The van der Waals surface area contributed by atoms with Gasteiger partial charge in [0.05, 0.1) is 11.5 Å². The second-order valence-corrected chi connectivity index (χ2v) is 6.21. The number of amides is 2. The highest BCUT2D eigenvalue weighted by Crippen LogP contribution is 2.47. The molecule has 0 aliphatic heterocycles. The molecule has 1 aliphatic rings. The van der Waals surface area contributed by atoms with E-state index in [1.54, 1.807) is 7.05 Å². The normalized spacial score (nSPS) is 18.9. The fraction of sp³-hybridized carbons (Fsp3) is 0.353. The monoisotopic (exact) mass is 329 g/mol. The molecule has 2 amide bonds. The van der Waals surface area contributed by atoms with Gasteiger partial charge in [0.2, 0.25) is 0 Å². The molecule has 0 saturated heterocycles. The SMILES string of the molecule is CC1CC1c1ccc(CN(C)C(=O)Nc2ccc([N+](=O)[O-])cc2)o1. The van der Waals surface area contributed by atoms with Gasteiger partial charge in [-0.1, -0.05) is 6.92 Å². The minimum Gasteiger partial charge on any atom is -0.464 e. The van der Waals surface area contributed by atoms with Crippen LogP contribution in [0.5, 0.6) is 0 Å². The number of anilines is 1. The first kappa shape index (κ1) is 16.0. The van der Waals surface area contributed by atoms with Crippen LogP contribution in [-0.2, 0) is 6.54 Å². The van der Waals surface area contributed by atoms with Gasteiger partial charge in [0, 0.05) is 30.8 Å². The molecule has 1 fully saturated rings. The van der Waals surface area contributed by atoms with Crippen LogP contribution in [0.4, 0.5) is 16.2 Å². The highest BCUT2D eigenvalue weighted by atomic mass is 16.6. The van der Waals surface area contributed by atoms with Crippen molar-refractivity contribution in [3.05, 3.63) is 58.0 Å². The Kier molecular flexibility index (Phi) is 4.24. The Bertz CT molecular complexity index is 753. The van der Waals surface area contributed by atoms with E-state index in [-0.39, 0.29) is 11.7 Å². The first-order chi connectivity index (χ1) is 11.4. The maximum atomic E-state index is 12.2. The molecule has 2 aromatic rings. The van der Waals surface area contributed by atoms with E-state index < -0.39 is 4.92 Å². The third-order valence-electron chi connectivity index (χ3n) is 4.23. The molecular weight excluding hydrogens is 310 g/mol. The second kappa shape index (κ2) is 6.35. The smallest absolute Gasteiger partial charge is 0.321 e. The van der Waals surface area contributed by atoms with E-state index in [4.69, 9.17) is 4.42 Å². The molecule has 1 N–H and O–H groups in total. The Morgan fingerprint density at radius 3 is 2.58 bits per heavy atom. The molecule has 24 heavy (non-hydrogen) atoms. The molecular formula is C17H19N3O4. The number of urea groups is 1. The molecule has 2 unspecified atom stereocenters. The Labute approximate surface area is 139 Å². The van der Waals surface area contributed by atoms with Crippen LogP contribution in [0, 0.1) is 16.0 Å². The zero-order valence-electron chi connectivity index (χ0n) is 13.6. The number of furan rings is 1. The lowest BCUT2D eigenvalue weighted by Gasteiger charge is -2.16. The molecule has 7 heteroatoms. The first-order valence-corrected chi connectivity index (χ1v) is 7.79. The Morgan fingerprint density at radius 2 is 2.00 bits per heavy atom. The number of nitro groups is 1. The van der Waals surface area contributed by atoms with Gasteiger partial charge in [-0.3, -0.25) is 10.1 Å². The van der Waals surface area contributed by atoms with Gasteiger partial charge in [-0.2, -0.15) is 0 Å². The largest absolute Gasteiger partial charge is 0.464 e. The van der Waals surface area contributed by atoms with Crippen LogP contribution in [0.3, 0.4) is 0 Å². The summed E-state index contributed by atoms with van der Waals surface area (Å²) in [4.78, 5) is 23.8. The summed E-state index contributed by atoms with van der Waals surface area (Å²) in [6.07, 6.45) is 1.16. The van der Waals surface area contributed by atoms with Crippen molar-refractivity contribution in [3.63, 3.8) is 0 Å². The topological polar surface area (TPSA) is 88.6 Å². The molecule has 7 nitrogen and oxygen atoms in total. The maximum Gasteiger partial charge on any atom is 0.321 e. The Balaban J connectivity index is 1.56. The van der Waals surface area contributed by atoms with Crippen molar-refractivity contribution >= 4 is 17.4 Å². The first-order valence-electron chi connectivity index (χ1n) is 7.79. The van der Waals surface area contributed by atoms with E-state index in [1.807, 2.05) is 12.1 Å². The van der Waals surface area contributed by atoms with Crippen molar-refractivity contribution < 1.29 is 14.1 Å². The van der Waals surface area contributed by atoms with E-state index in [0.717, 1.165) is 17.9 Å². The number of nitrogens with one attached hydrogen (secondary N) is 1. The van der Waals surface area contributed by atoms with Gasteiger partial charge in [0.15, 0.2) is 0 Å². The van der Waals surface area contributed by atoms with Gasteiger partial charge in [0.25, 0.3) is 5.69 Å². The minimum atomic E-state index is -0.479. The van der Waals surface area contributed by atoms with Gasteiger partial charge >= 0.3 is 6.03 Å². The molecule has 0 bridgehead atoms. The second-order valence-electron chi connectivity index (χ2n) is 6.21. The fourth-order valence-electron chi connectivity index (χ4n) is 2.59. The lowest BCUT2D eigenvalue weighted by Crippen LogP contribution is -2.30. The van der Waals surface area contributed by atoms with Crippen LogP contribution in [0.2, 0.25) is 0 Å². The summed E-state index contributed by atoms with van der Waals surface area (Å²) in [7, 11) is 1.67. The van der Waals surface area contributed by atoms with Crippen LogP contribution < -0.4 is 5.32 Å². The number of benzene rings is 1. The maximum absolute atomic E-state index is 12.2. The summed E-state index contributed by atoms with van der Waals surface area (Å²) in [5.74, 6) is 2.91. The van der Waals surface area contributed by atoms with Crippen LogP contribution >= 0.6 is 0 Å². The summed E-state index contributed by atoms with van der Waals surface area (Å²) in [6.45, 7) is 2.55. The third kappa shape index (κ3) is 3.56. The van der Waals surface area contributed by atoms with Crippen molar-refractivity contribution in [3.8, 4) is 0 Å². The van der Waals surface area contributed by atoms with Gasteiger partial charge in [-0.05, 0) is 36.6 Å². The summed E-state index contributed by atoms with van der Waals surface area (Å²) < 4.78 is 5.79. The highest BCUT2D eigenvalue weighted by molar-refractivity contribution is 5.89. The van der Waals surface area contributed by atoms with E-state index in [0.29, 0.717) is 24.1 Å². The van der Waals surface area contributed by atoms with Crippen molar-refractivity contribution in [2.75, 3.05) is 12.4 Å². The summed E-state index contributed by atoms with van der Waals surface area (Å²) >= 11 is 0. The number of hydrogen-bond acceptors (Lipinski definition) is 4. The number of rotatable bonds is 5. The van der Waals surface area contributed by atoms with E-state index in [2.05, 4.69) is 12.2 Å². The van der Waals surface area contributed by atoms with Crippen molar-refractivity contribution in [2.45, 2.75) is 25.8 Å². The van der Waals surface area contributed by atoms with Crippen LogP contribution in [0.15, 0.2) is 40.8 Å². The van der Waals surface area contributed by atoms with Crippen molar-refractivity contribution in [1.29, 1.82) is 0 Å². The van der Waals surface area contributed by atoms with Crippen LogP contribution in [0.25, 0.3) is 0 Å². The summed E-state index contributed by atoms with van der Waals surface area (Å²) in [6, 6.07) is 9.28. The third-order valence-corrected chi connectivity index (χ3v) is 4.23. The summed E-state index contributed by atoms with van der Waals surface area (Å²) in [5.41, 5.74) is 0.489.